The molecule has 0 bridgehead atoms. The maximum atomic E-state index is 12.6. The number of rotatable bonds is 0. The molecule has 17 heavy (non-hydrogen) atoms. The van der Waals surface area contributed by atoms with E-state index in [2.05, 4.69) is 10.2 Å². The maximum Gasteiger partial charge on any atom is 0.417 e. The van der Waals surface area contributed by atoms with Gasteiger partial charge in [-0.2, -0.15) is 23.4 Å². The molecule has 1 aromatic carbocycles. The zero-order valence-electron chi connectivity index (χ0n) is 9.84. The van der Waals surface area contributed by atoms with Crippen molar-refractivity contribution in [1.82, 2.24) is 10.2 Å². The second kappa shape index (κ2) is 5.12. The Labute approximate surface area is 97.5 Å². The van der Waals surface area contributed by atoms with Crippen LogP contribution in [-0.4, -0.2) is 10.2 Å². The van der Waals surface area contributed by atoms with E-state index in [1.807, 2.05) is 13.8 Å². The highest BCUT2D eigenvalue weighted by molar-refractivity contribution is 5.86. The molecule has 5 heteroatoms. The summed E-state index contributed by atoms with van der Waals surface area (Å²) in [5, 5.41) is 7.83. The zero-order valence-corrected chi connectivity index (χ0v) is 9.84. The van der Waals surface area contributed by atoms with Gasteiger partial charge in [-0.3, -0.25) is 0 Å². The van der Waals surface area contributed by atoms with Crippen molar-refractivity contribution in [2.75, 3.05) is 0 Å². The van der Waals surface area contributed by atoms with E-state index in [1.54, 1.807) is 13.0 Å². The molecule has 0 amide bonds. The summed E-state index contributed by atoms with van der Waals surface area (Å²) in [6.07, 6.45) is -3.21. The van der Waals surface area contributed by atoms with Crippen LogP contribution >= 0.6 is 0 Å². The third-order valence-electron chi connectivity index (χ3n) is 2.20. The number of hydrogen-bond donors (Lipinski definition) is 0. The summed E-state index contributed by atoms with van der Waals surface area (Å²) in [5.41, 5.74) is -0.170. The van der Waals surface area contributed by atoms with E-state index in [0.29, 0.717) is 11.1 Å². The average Bonchev–Trinajstić information content (AvgIpc) is 2.30. The molecule has 0 fully saturated rings. The number of aryl methyl sites for hydroxylation is 1. The van der Waals surface area contributed by atoms with Gasteiger partial charge in [0.15, 0.2) is 0 Å². The summed E-state index contributed by atoms with van der Waals surface area (Å²) >= 11 is 0. The van der Waals surface area contributed by atoms with Crippen LogP contribution in [0.15, 0.2) is 24.4 Å². The Hall–Kier alpha value is -1.65. The quantitative estimate of drug-likeness (QED) is 0.698. The Morgan fingerprint density at radius 3 is 2.29 bits per heavy atom. The van der Waals surface area contributed by atoms with Gasteiger partial charge in [0.2, 0.25) is 0 Å². The summed E-state index contributed by atoms with van der Waals surface area (Å²) in [6, 6.07) is 4.03. The highest BCUT2D eigenvalue weighted by Crippen LogP contribution is 2.34. The molecule has 2 nitrogen and oxygen atoms in total. The molecule has 0 unspecified atom stereocenters. The third-order valence-corrected chi connectivity index (χ3v) is 2.20. The van der Waals surface area contributed by atoms with Crippen molar-refractivity contribution in [3.05, 3.63) is 35.7 Å². The fourth-order valence-electron chi connectivity index (χ4n) is 1.49. The lowest BCUT2D eigenvalue weighted by molar-refractivity contribution is -0.136. The largest absolute Gasteiger partial charge is 0.417 e. The minimum Gasteiger partial charge on any atom is -0.166 e. The van der Waals surface area contributed by atoms with Crippen LogP contribution in [0.2, 0.25) is 0 Å². The van der Waals surface area contributed by atoms with E-state index in [4.69, 9.17) is 0 Å². The molecule has 0 atom stereocenters. The van der Waals surface area contributed by atoms with Gasteiger partial charge in [0.25, 0.3) is 0 Å². The normalized spacial score (nSPS) is 10.9. The number of benzene rings is 1. The van der Waals surface area contributed by atoms with Gasteiger partial charge in [0, 0.05) is 10.8 Å². The molecule has 0 saturated heterocycles. The van der Waals surface area contributed by atoms with Crippen molar-refractivity contribution >= 4 is 10.8 Å². The molecule has 0 aliphatic carbocycles. The van der Waals surface area contributed by atoms with Gasteiger partial charge in [0.05, 0.1) is 17.5 Å². The molecule has 0 saturated carbocycles. The molecule has 2 rings (SSSR count). The molecule has 0 radical (unpaired) electrons. The molecule has 0 N–H and O–H groups in total. The predicted octanol–water partition coefficient (Wildman–Crippen LogP) is 3.98. The molecule has 0 aliphatic rings. The smallest absolute Gasteiger partial charge is 0.166 e. The van der Waals surface area contributed by atoms with Crippen LogP contribution in [-0.2, 0) is 6.18 Å². The second-order valence-corrected chi connectivity index (χ2v) is 3.19. The van der Waals surface area contributed by atoms with Gasteiger partial charge in [-0.05, 0) is 13.0 Å². The first kappa shape index (κ1) is 13.4. The van der Waals surface area contributed by atoms with Crippen molar-refractivity contribution in [1.29, 1.82) is 0 Å². The first-order valence-electron chi connectivity index (χ1n) is 5.28. The van der Waals surface area contributed by atoms with E-state index in [9.17, 15) is 13.2 Å². The van der Waals surface area contributed by atoms with Crippen molar-refractivity contribution in [3.63, 3.8) is 0 Å². The highest BCUT2D eigenvalue weighted by atomic mass is 19.4. The van der Waals surface area contributed by atoms with Crippen LogP contribution in [0.4, 0.5) is 13.2 Å². The highest BCUT2D eigenvalue weighted by Gasteiger charge is 2.32. The molecule has 92 valence electrons. The maximum absolute atomic E-state index is 12.6. The lowest BCUT2D eigenvalue weighted by Gasteiger charge is -2.09. The second-order valence-electron chi connectivity index (χ2n) is 3.19. The first-order chi connectivity index (χ1) is 8.00. The molecule has 1 heterocycles. The molecule has 0 aliphatic heterocycles. The summed E-state index contributed by atoms with van der Waals surface area (Å²) in [5.74, 6) is 0. The van der Waals surface area contributed by atoms with E-state index in [0.717, 1.165) is 12.3 Å². The Morgan fingerprint density at radius 1 is 1.06 bits per heavy atom. The molecule has 2 aromatic rings. The van der Waals surface area contributed by atoms with Crippen LogP contribution in [0.5, 0.6) is 0 Å². The topological polar surface area (TPSA) is 25.8 Å². The van der Waals surface area contributed by atoms with E-state index < -0.39 is 11.7 Å². The van der Waals surface area contributed by atoms with Gasteiger partial charge in [-0.25, -0.2) is 0 Å². The third kappa shape index (κ3) is 2.72. The lowest BCUT2D eigenvalue weighted by atomic mass is 10.1. The van der Waals surface area contributed by atoms with Gasteiger partial charge < -0.3 is 0 Å². The first-order valence-corrected chi connectivity index (χ1v) is 5.28. The van der Waals surface area contributed by atoms with E-state index in [1.165, 1.54) is 6.07 Å². The molecular formula is C12H13F3N2. The number of hydrogen-bond acceptors (Lipinski definition) is 2. The fraction of sp³-hybridized carbons (Fsp3) is 0.333. The number of fused-ring (bicyclic) bond motifs is 1. The fourth-order valence-corrected chi connectivity index (χ4v) is 1.49. The van der Waals surface area contributed by atoms with E-state index >= 15 is 0 Å². The van der Waals surface area contributed by atoms with Crippen LogP contribution in [0.3, 0.4) is 0 Å². The summed E-state index contributed by atoms with van der Waals surface area (Å²) in [7, 11) is 0. The van der Waals surface area contributed by atoms with Gasteiger partial charge in [-0.1, -0.05) is 26.0 Å². The van der Waals surface area contributed by atoms with Crippen LogP contribution in [0.1, 0.15) is 25.1 Å². The van der Waals surface area contributed by atoms with Gasteiger partial charge >= 0.3 is 6.18 Å². The molecule has 0 spiro atoms. The predicted molar refractivity (Wildman–Crippen MR) is 60.6 cm³/mol. The minimum atomic E-state index is -4.35. The molecule has 1 aromatic heterocycles. The van der Waals surface area contributed by atoms with Gasteiger partial charge in [-0.15, -0.1) is 0 Å². The van der Waals surface area contributed by atoms with Crippen LogP contribution in [0.25, 0.3) is 10.8 Å². The van der Waals surface area contributed by atoms with Crippen molar-refractivity contribution < 1.29 is 13.2 Å². The van der Waals surface area contributed by atoms with Crippen LogP contribution in [0, 0.1) is 6.92 Å². The number of aromatic nitrogens is 2. The zero-order chi connectivity index (χ0) is 13.1. The standard InChI is InChI=1S/C10H7F3N2.C2H6/c1-6-7-3-2-4-9(10(11,12)13)8(7)5-14-15-6;1-2/h2-5H,1H3;1-2H3. The minimum absolute atomic E-state index is 0.0949. The SMILES string of the molecule is CC.Cc1nncc2c(C(F)(F)F)cccc12. The number of alkyl halides is 3. The van der Waals surface area contributed by atoms with Gasteiger partial charge in [0.1, 0.15) is 0 Å². The average molecular weight is 242 g/mol. The Morgan fingerprint density at radius 2 is 1.71 bits per heavy atom. The van der Waals surface area contributed by atoms with Crippen molar-refractivity contribution in [3.8, 4) is 0 Å². The Bertz CT molecular complexity index is 507. The summed E-state index contributed by atoms with van der Waals surface area (Å²) < 4.78 is 37.8. The van der Waals surface area contributed by atoms with Crippen molar-refractivity contribution in [2.45, 2.75) is 26.9 Å². The summed E-state index contributed by atoms with van der Waals surface area (Å²) in [4.78, 5) is 0. The number of halogens is 3. The van der Waals surface area contributed by atoms with E-state index in [-0.39, 0.29) is 5.39 Å². The summed E-state index contributed by atoms with van der Waals surface area (Å²) in [6.45, 7) is 5.63. The number of nitrogens with zero attached hydrogens (tertiary/aromatic N) is 2. The molecular weight excluding hydrogens is 229 g/mol. The van der Waals surface area contributed by atoms with Crippen molar-refractivity contribution in [2.24, 2.45) is 0 Å². The Balaban J connectivity index is 0.000000686. The Kier molecular flexibility index (Phi) is 4.04. The monoisotopic (exact) mass is 242 g/mol. The van der Waals surface area contributed by atoms with Crippen LogP contribution < -0.4 is 0 Å². The lowest BCUT2D eigenvalue weighted by Crippen LogP contribution is -2.06.